The number of thiophene rings is 1. The van der Waals surface area contributed by atoms with E-state index in [1.165, 1.54) is 52.8 Å². The maximum Gasteiger partial charge on any atom is 0.117 e. The fraction of sp³-hybridized carbons (Fsp3) is 0. The maximum atomic E-state index is 10.9. The van der Waals surface area contributed by atoms with Crippen LogP contribution in [-0.4, -0.2) is 14.2 Å². The molecule has 0 saturated heterocycles. The Balaban J connectivity index is 1.30. The van der Waals surface area contributed by atoms with Crippen LogP contribution in [0.2, 0.25) is 0 Å². The van der Waals surface area contributed by atoms with Crippen molar-refractivity contribution in [2.45, 2.75) is 0 Å². The Hall–Kier alpha value is -5.84. The zero-order valence-electron chi connectivity index (χ0n) is 24.7. The number of aromatic nitrogens is 2. The Labute approximate surface area is 268 Å². The van der Waals surface area contributed by atoms with Crippen molar-refractivity contribution in [3.05, 3.63) is 152 Å². The fourth-order valence-corrected chi connectivity index (χ4v) is 8.87. The average Bonchev–Trinajstić information content (AvgIpc) is 3.76. The van der Waals surface area contributed by atoms with Crippen molar-refractivity contribution in [3.8, 4) is 28.3 Å². The van der Waals surface area contributed by atoms with E-state index in [1.807, 2.05) is 23.5 Å². The second-order valence-electron chi connectivity index (χ2n) is 11.9. The van der Waals surface area contributed by atoms with Crippen molar-refractivity contribution in [2.75, 3.05) is 0 Å². The molecule has 0 fully saturated rings. The van der Waals surface area contributed by atoms with Crippen LogP contribution in [0.4, 0.5) is 0 Å². The lowest BCUT2D eigenvalue weighted by molar-refractivity contribution is 0.475. The maximum absolute atomic E-state index is 10.9. The molecule has 0 radical (unpaired) electrons. The highest BCUT2D eigenvalue weighted by molar-refractivity contribution is 7.27. The zero-order chi connectivity index (χ0) is 30.4. The minimum absolute atomic E-state index is 0.250. The van der Waals surface area contributed by atoms with Gasteiger partial charge in [-0.2, -0.15) is 0 Å². The van der Waals surface area contributed by atoms with Gasteiger partial charge in [0.05, 0.1) is 27.8 Å². The van der Waals surface area contributed by atoms with Gasteiger partial charge in [-0.15, -0.1) is 11.3 Å². The summed E-state index contributed by atoms with van der Waals surface area (Å²) >= 11 is 1.87. The van der Waals surface area contributed by atoms with E-state index in [0.29, 0.717) is 0 Å². The van der Waals surface area contributed by atoms with E-state index in [2.05, 4.69) is 149 Å². The Morgan fingerprint density at radius 2 is 1.02 bits per heavy atom. The molecule has 4 heteroatoms. The standard InChI is InChI=1S/C42H26N2OS/c45-27-21-22-30(39(25-27)44-35-18-7-4-13-28(35)29-14-5-8-19-36(29)44)31-16-10-17-32-33-23-24-38-40(42(33)46-41(31)32)34-15-6-9-20-37(34)43(38)26-11-2-1-3-12-26/h1-25,45H. The zero-order valence-corrected chi connectivity index (χ0v) is 25.5. The fourth-order valence-electron chi connectivity index (χ4n) is 7.49. The quantitative estimate of drug-likeness (QED) is 0.213. The lowest BCUT2D eigenvalue weighted by atomic mass is 10.00. The molecule has 0 amide bonds. The monoisotopic (exact) mass is 606 g/mol. The largest absolute Gasteiger partial charge is 0.508 e. The highest BCUT2D eigenvalue weighted by atomic mass is 32.1. The number of fused-ring (bicyclic) bond motifs is 10. The minimum atomic E-state index is 0.250. The first-order valence-corrected chi connectivity index (χ1v) is 16.3. The summed E-state index contributed by atoms with van der Waals surface area (Å²) in [5.41, 5.74) is 9.04. The van der Waals surface area contributed by atoms with Gasteiger partial charge in [0.15, 0.2) is 0 Å². The van der Waals surface area contributed by atoms with E-state index in [-0.39, 0.29) is 5.75 Å². The van der Waals surface area contributed by atoms with Crippen LogP contribution >= 0.6 is 11.3 Å². The van der Waals surface area contributed by atoms with Gasteiger partial charge in [-0.25, -0.2) is 0 Å². The van der Waals surface area contributed by atoms with Crippen LogP contribution in [0.3, 0.4) is 0 Å². The molecule has 1 N–H and O–H groups in total. The molecule has 0 unspecified atom stereocenters. The van der Waals surface area contributed by atoms with Crippen LogP contribution in [0.15, 0.2) is 152 Å². The minimum Gasteiger partial charge on any atom is -0.508 e. The summed E-state index contributed by atoms with van der Waals surface area (Å²) in [6, 6.07) is 53.5. The first-order chi connectivity index (χ1) is 22.8. The van der Waals surface area contributed by atoms with Crippen LogP contribution < -0.4 is 0 Å². The van der Waals surface area contributed by atoms with Gasteiger partial charge in [-0.1, -0.05) is 97.1 Å². The molecule has 3 aromatic heterocycles. The molecule has 216 valence electrons. The summed E-state index contributed by atoms with van der Waals surface area (Å²) < 4.78 is 7.23. The predicted octanol–water partition coefficient (Wildman–Crippen LogP) is 11.6. The Morgan fingerprint density at radius 1 is 0.413 bits per heavy atom. The van der Waals surface area contributed by atoms with Crippen LogP contribution in [0.25, 0.3) is 86.3 Å². The molecule has 10 aromatic rings. The number of hydrogen-bond acceptors (Lipinski definition) is 2. The highest BCUT2D eigenvalue weighted by Crippen LogP contribution is 2.47. The Morgan fingerprint density at radius 3 is 1.76 bits per heavy atom. The van der Waals surface area contributed by atoms with E-state index in [4.69, 9.17) is 0 Å². The van der Waals surface area contributed by atoms with Gasteiger partial charge in [0.2, 0.25) is 0 Å². The second-order valence-corrected chi connectivity index (χ2v) is 12.9. The normalized spacial score (nSPS) is 12.0. The van der Waals surface area contributed by atoms with Gasteiger partial charge < -0.3 is 14.2 Å². The van der Waals surface area contributed by atoms with Crippen molar-refractivity contribution in [1.29, 1.82) is 0 Å². The number of nitrogens with zero attached hydrogens (tertiary/aromatic N) is 2. The summed E-state index contributed by atoms with van der Waals surface area (Å²) in [5, 5.41) is 18.3. The van der Waals surface area contributed by atoms with Crippen molar-refractivity contribution >= 4 is 75.1 Å². The van der Waals surface area contributed by atoms with Gasteiger partial charge in [0, 0.05) is 64.6 Å². The molecule has 46 heavy (non-hydrogen) atoms. The SMILES string of the molecule is Oc1ccc(-c2cccc3c2sc2c3ccc3c2c2ccccc2n3-c2ccccc2)c(-n2c3ccccc3c3ccccc32)c1. The number of phenols is 1. The lowest BCUT2D eigenvalue weighted by Gasteiger charge is -2.15. The highest BCUT2D eigenvalue weighted by Gasteiger charge is 2.21. The molecule has 0 aliphatic rings. The van der Waals surface area contributed by atoms with E-state index < -0.39 is 0 Å². The lowest BCUT2D eigenvalue weighted by Crippen LogP contribution is -1.97. The van der Waals surface area contributed by atoms with E-state index in [9.17, 15) is 5.11 Å². The van der Waals surface area contributed by atoms with Gasteiger partial charge in [-0.05, 0) is 48.5 Å². The molecule has 7 aromatic carbocycles. The number of para-hydroxylation sites is 4. The van der Waals surface area contributed by atoms with E-state index in [1.54, 1.807) is 0 Å². The average molecular weight is 607 g/mol. The van der Waals surface area contributed by atoms with Crippen molar-refractivity contribution in [1.82, 2.24) is 9.13 Å². The summed E-state index contributed by atoms with van der Waals surface area (Å²) in [4.78, 5) is 0. The van der Waals surface area contributed by atoms with Crippen molar-refractivity contribution < 1.29 is 5.11 Å². The van der Waals surface area contributed by atoms with Crippen LogP contribution in [-0.2, 0) is 0 Å². The molecular weight excluding hydrogens is 581 g/mol. The van der Waals surface area contributed by atoms with Crippen LogP contribution in [0.1, 0.15) is 0 Å². The van der Waals surface area contributed by atoms with E-state index >= 15 is 0 Å². The number of rotatable bonds is 3. The first kappa shape index (κ1) is 25.5. The summed E-state index contributed by atoms with van der Waals surface area (Å²) in [6.07, 6.45) is 0. The van der Waals surface area contributed by atoms with Gasteiger partial charge >= 0.3 is 0 Å². The molecule has 0 atom stereocenters. The molecule has 0 saturated carbocycles. The smallest absolute Gasteiger partial charge is 0.117 e. The Bertz CT molecular complexity index is 2760. The third-order valence-electron chi connectivity index (χ3n) is 9.41. The van der Waals surface area contributed by atoms with Gasteiger partial charge in [0.25, 0.3) is 0 Å². The van der Waals surface area contributed by atoms with Gasteiger partial charge in [-0.3, -0.25) is 0 Å². The second kappa shape index (κ2) is 9.58. The molecule has 3 nitrogen and oxygen atoms in total. The van der Waals surface area contributed by atoms with Crippen LogP contribution in [0, 0.1) is 0 Å². The molecule has 10 rings (SSSR count). The number of aromatic hydroxyl groups is 1. The van der Waals surface area contributed by atoms with Crippen molar-refractivity contribution in [3.63, 3.8) is 0 Å². The molecule has 0 aliphatic carbocycles. The molecular formula is C42H26N2OS. The van der Waals surface area contributed by atoms with Crippen LogP contribution in [0.5, 0.6) is 5.75 Å². The summed E-state index contributed by atoms with van der Waals surface area (Å²) in [6.45, 7) is 0. The first-order valence-electron chi connectivity index (χ1n) is 15.5. The van der Waals surface area contributed by atoms with E-state index in [0.717, 1.165) is 33.5 Å². The van der Waals surface area contributed by atoms with Crippen molar-refractivity contribution in [2.24, 2.45) is 0 Å². The topological polar surface area (TPSA) is 30.1 Å². The molecule has 0 bridgehead atoms. The molecule has 0 spiro atoms. The summed E-state index contributed by atoms with van der Waals surface area (Å²) in [5.74, 6) is 0.250. The Kier molecular flexibility index (Phi) is 5.31. The molecule has 3 heterocycles. The molecule has 0 aliphatic heterocycles. The third kappa shape index (κ3) is 3.47. The predicted molar refractivity (Wildman–Crippen MR) is 195 cm³/mol. The van der Waals surface area contributed by atoms with Gasteiger partial charge in [0.1, 0.15) is 5.75 Å². The summed E-state index contributed by atoms with van der Waals surface area (Å²) in [7, 11) is 0. The number of hydrogen-bond donors (Lipinski definition) is 1. The number of phenolic OH excluding ortho intramolecular Hbond substituents is 1. The third-order valence-corrected chi connectivity index (χ3v) is 10.7. The number of benzene rings is 7.